The number of fused-ring (bicyclic) bond motifs is 1. The summed E-state index contributed by atoms with van der Waals surface area (Å²) in [6.45, 7) is 1.98. The summed E-state index contributed by atoms with van der Waals surface area (Å²) in [6.07, 6.45) is 0. The van der Waals surface area contributed by atoms with Crippen LogP contribution in [0.4, 0.5) is 0 Å². The van der Waals surface area contributed by atoms with Gasteiger partial charge in [0.25, 0.3) is 0 Å². The van der Waals surface area contributed by atoms with Gasteiger partial charge in [0.1, 0.15) is 22.4 Å². The van der Waals surface area contributed by atoms with Gasteiger partial charge in [0, 0.05) is 5.56 Å². The molecule has 0 saturated heterocycles. The fourth-order valence-corrected chi connectivity index (χ4v) is 3.00. The van der Waals surface area contributed by atoms with Crippen LogP contribution in [0.5, 0.6) is 0 Å². The van der Waals surface area contributed by atoms with E-state index in [2.05, 4.69) is 11.1 Å². The number of hydrogen-bond donors (Lipinski definition) is 1. The minimum atomic E-state index is -0.0310. The Balaban J connectivity index is 2.14. The van der Waals surface area contributed by atoms with Crippen LogP contribution in [0, 0.1) is 18.3 Å². The molecule has 3 nitrogen and oxygen atoms in total. The molecule has 0 radical (unpaired) electrons. The normalized spacial score (nSPS) is 12.0. The predicted molar refractivity (Wildman–Crippen MR) is 85.9 cm³/mol. The molecule has 0 aliphatic carbocycles. The van der Waals surface area contributed by atoms with E-state index in [0.717, 1.165) is 15.8 Å². The van der Waals surface area contributed by atoms with Crippen molar-refractivity contribution in [1.29, 1.82) is 5.26 Å². The van der Waals surface area contributed by atoms with Crippen LogP contribution in [0.25, 0.3) is 21.5 Å². The molecule has 0 saturated carbocycles. The molecule has 4 heteroatoms. The zero-order chi connectivity index (χ0) is 14.8. The highest BCUT2D eigenvalue weighted by Gasteiger charge is 2.14. The van der Waals surface area contributed by atoms with Crippen LogP contribution >= 0.6 is 11.3 Å². The number of aromatic nitrogens is 1. The third-order valence-corrected chi connectivity index (χ3v) is 4.24. The highest BCUT2D eigenvalue weighted by molar-refractivity contribution is 7.19. The van der Waals surface area contributed by atoms with Crippen molar-refractivity contribution in [1.82, 2.24) is 4.98 Å². The summed E-state index contributed by atoms with van der Waals surface area (Å²) in [7, 11) is 0. The van der Waals surface area contributed by atoms with Gasteiger partial charge < -0.3 is 5.11 Å². The number of para-hydroxylation sites is 1. The summed E-state index contributed by atoms with van der Waals surface area (Å²) in [5.74, 6) is -0.0310. The lowest BCUT2D eigenvalue weighted by Crippen LogP contribution is -1.90. The highest BCUT2D eigenvalue weighted by Crippen LogP contribution is 2.30. The smallest absolute Gasteiger partial charge is 0.143 e. The molecule has 102 valence electrons. The molecule has 0 spiro atoms. The molecule has 0 atom stereocenters. The van der Waals surface area contributed by atoms with Crippen molar-refractivity contribution in [3.8, 4) is 6.07 Å². The number of aryl methyl sites for hydroxylation is 1. The van der Waals surface area contributed by atoms with Crippen LogP contribution in [-0.4, -0.2) is 10.1 Å². The van der Waals surface area contributed by atoms with Crippen LogP contribution in [-0.2, 0) is 0 Å². The second kappa shape index (κ2) is 5.39. The quantitative estimate of drug-likeness (QED) is 0.556. The first-order valence-electron chi connectivity index (χ1n) is 6.45. The van der Waals surface area contributed by atoms with Crippen molar-refractivity contribution in [2.24, 2.45) is 0 Å². The summed E-state index contributed by atoms with van der Waals surface area (Å²) in [5.41, 5.74) is 2.77. The number of benzene rings is 2. The van der Waals surface area contributed by atoms with E-state index >= 15 is 0 Å². The van der Waals surface area contributed by atoms with Gasteiger partial charge in [-0.25, -0.2) is 4.98 Å². The van der Waals surface area contributed by atoms with Crippen LogP contribution in [0.1, 0.15) is 16.1 Å². The van der Waals surface area contributed by atoms with E-state index in [1.54, 1.807) is 12.1 Å². The van der Waals surface area contributed by atoms with Crippen molar-refractivity contribution in [2.45, 2.75) is 6.92 Å². The number of nitrogens with zero attached hydrogens (tertiary/aromatic N) is 2. The lowest BCUT2D eigenvalue weighted by Gasteiger charge is -2.02. The predicted octanol–water partition coefficient (Wildman–Crippen LogP) is 4.55. The van der Waals surface area contributed by atoms with E-state index in [1.165, 1.54) is 11.3 Å². The molecule has 3 aromatic rings. The molecule has 1 aromatic heterocycles. The summed E-state index contributed by atoms with van der Waals surface area (Å²) in [6, 6.07) is 17.2. The van der Waals surface area contributed by atoms with E-state index in [-0.39, 0.29) is 11.3 Å². The summed E-state index contributed by atoms with van der Waals surface area (Å²) >= 11 is 1.40. The monoisotopic (exact) mass is 292 g/mol. The van der Waals surface area contributed by atoms with Gasteiger partial charge in [-0.15, -0.1) is 11.3 Å². The number of nitriles is 1. The largest absolute Gasteiger partial charge is 0.506 e. The minimum absolute atomic E-state index is 0.0310. The summed E-state index contributed by atoms with van der Waals surface area (Å²) < 4.78 is 0.997. The van der Waals surface area contributed by atoms with Gasteiger partial charge in [0.05, 0.1) is 10.2 Å². The molecule has 0 bridgehead atoms. The highest BCUT2D eigenvalue weighted by atomic mass is 32.1. The average molecular weight is 292 g/mol. The molecular formula is C17H12N2OS. The van der Waals surface area contributed by atoms with Gasteiger partial charge in [-0.1, -0.05) is 42.0 Å². The first kappa shape index (κ1) is 13.3. The van der Waals surface area contributed by atoms with Gasteiger partial charge in [-0.3, -0.25) is 0 Å². The molecule has 0 fully saturated rings. The van der Waals surface area contributed by atoms with Crippen LogP contribution < -0.4 is 0 Å². The van der Waals surface area contributed by atoms with Crippen LogP contribution in [0.2, 0.25) is 0 Å². The van der Waals surface area contributed by atoms with E-state index in [1.807, 2.05) is 43.3 Å². The van der Waals surface area contributed by atoms with E-state index in [4.69, 9.17) is 0 Å². The van der Waals surface area contributed by atoms with E-state index in [9.17, 15) is 10.4 Å². The van der Waals surface area contributed by atoms with Gasteiger partial charge >= 0.3 is 0 Å². The van der Waals surface area contributed by atoms with Crippen molar-refractivity contribution in [3.63, 3.8) is 0 Å². The Morgan fingerprint density at radius 1 is 1.14 bits per heavy atom. The first-order chi connectivity index (χ1) is 10.2. The zero-order valence-corrected chi connectivity index (χ0v) is 12.2. The van der Waals surface area contributed by atoms with Crippen molar-refractivity contribution in [3.05, 3.63) is 64.7 Å². The van der Waals surface area contributed by atoms with Gasteiger partial charge in [0.15, 0.2) is 0 Å². The Labute approximate surface area is 126 Å². The Morgan fingerprint density at radius 3 is 2.52 bits per heavy atom. The van der Waals surface area contributed by atoms with Gasteiger partial charge in [0.2, 0.25) is 0 Å². The Bertz CT molecular complexity index is 837. The zero-order valence-electron chi connectivity index (χ0n) is 11.4. The van der Waals surface area contributed by atoms with E-state index < -0.39 is 0 Å². The number of hydrogen-bond acceptors (Lipinski definition) is 4. The second-order valence-corrected chi connectivity index (χ2v) is 5.72. The Morgan fingerprint density at radius 2 is 1.86 bits per heavy atom. The van der Waals surface area contributed by atoms with Gasteiger partial charge in [-0.05, 0) is 19.1 Å². The molecule has 3 rings (SSSR count). The second-order valence-electron chi connectivity index (χ2n) is 4.69. The van der Waals surface area contributed by atoms with Crippen molar-refractivity contribution in [2.75, 3.05) is 0 Å². The third kappa shape index (κ3) is 2.51. The molecule has 21 heavy (non-hydrogen) atoms. The molecule has 1 N–H and O–H groups in total. The molecule has 0 aliphatic heterocycles. The Kier molecular flexibility index (Phi) is 3.43. The van der Waals surface area contributed by atoms with E-state index in [0.29, 0.717) is 10.6 Å². The first-order valence-corrected chi connectivity index (χ1v) is 7.27. The topological polar surface area (TPSA) is 56.9 Å². The molecule has 0 aliphatic rings. The molecule has 0 unspecified atom stereocenters. The third-order valence-electron chi connectivity index (χ3n) is 3.18. The lowest BCUT2D eigenvalue weighted by atomic mass is 10.1. The SMILES string of the molecule is Cc1ccc(/C(O)=C(\C#N)c2nc3ccccc3s2)cc1. The minimum Gasteiger partial charge on any atom is -0.506 e. The fourth-order valence-electron chi connectivity index (χ4n) is 2.04. The molecule has 1 heterocycles. The fraction of sp³-hybridized carbons (Fsp3) is 0.0588. The van der Waals surface area contributed by atoms with Crippen LogP contribution in [0.3, 0.4) is 0 Å². The molecule has 2 aromatic carbocycles. The number of thiazole rings is 1. The van der Waals surface area contributed by atoms with Gasteiger partial charge in [-0.2, -0.15) is 5.26 Å². The molecular weight excluding hydrogens is 280 g/mol. The van der Waals surface area contributed by atoms with Crippen molar-refractivity contribution >= 4 is 32.9 Å². The summed E-state index contributed by atoms with van der Waals surface area (Å²) in [4.78, 5) is 4.43. The number of aliphatic hydroxyl groups excluding tert-OH is 1. The maximum Gasteiger partial charge on any atom is 0.143 e. The Hall–Kier alpha value is -2.64. The standard InChI is InChI=1S/C17H12N2OS/c1-11-6-8-12(9-7-11)16(20)13(10-18)17-19-14-4-2-3-5-15(14)21-17/h2-9,20H,1H3/b16-13-. The maximum atomic E-state index is 10.4. The lowest BCUT2D eigenvalue weighted by molar-refractivity contribution is 0.514. The number of rotatable bonds is 2. The number of aliphatic hydroxyl groups is 1. The number of allylic oxidation sites excluding steroid dienone is 1. The molecule has 0 amide bonds. The van der Waals surface area contributed by atoms with Crippen molar-refractivity contribution < 1.29 is 5.11 Å². The summed E-state index contributed by atoms with van der Waals surface area (Å²) in [5, 5.41) is 20.3. The average Bonchev–Trinajstić information content (AvgIpc) is 2.92. The van der Waals surface area contributed by atoms with Crippen LogP contribution in [0.15, 0.2) is 48.5 Å². The maximum absolute atomic E-state index is 10.4.